The van der Waals surface area contributed by atoms with E-state index < -0.39 is 0 Å². The molecule has 0 bridgehead atoms. The smallest absolute Gasteiger partial charge is 0.143 e. The molecule has 0 spiro atoms. The summed E-state index contributed by atoms with van der Waals surface area (Å²) in [6, 6.07) is 1.91. The van der Waals surface area contributed by atoms with E-state index in [0.717, 1.165) is 28.8 Å². The molecule has 0 unspecified atom stereocenters. The lowest BCUT2D eigenvalue weighted by Gasteiger charge is -2.06. The SMILES string of the molecule is CCc1nn(C)cc1CNc1cnc(Cl)c(Br)c1. The van der Waals surface area contributed by atoms with Gasteiger partial charge in [-0.25, -0.2) is 4.98 Å². The zero-order chi connectivity index (χ0) is 13.1. The third-order valence-corrected chi connectivity index (χ3v) is 3.74. The van der Waals surface area contributed by atoms with Crippen molar-refractivity contribution in [3.8, 4) is 0 Å². The number of hydrogen-bond acceptors (Lipinski definition) is 3. The Kier molecular flexibility index (Phi) is 4.24. The second-order valence-electron chi connectivity index (χ2n) is 3.98. The van der Waals surface area contributed by atoms with Gasteiger partial charge in [0.25, 0.3) is 0 Å². The molecule has 0 aromatic carbocycles. The van der Waals surface area contributed by atoms with Crippen LogP contribution in [0.5, 0.6) is 0 Å². The Labute approximate surface area is 119 Å². The monoisotopic (exact) mass is 328 g/mol. The Morgan fingerprint density at radius 1 is 1.50 bits per heavy atom. The number of pyridine rings is 1. The number of rotatable bonds is 4. The van der Waals surface area contributed by atoms with Crippen molar-refractivity contribution >= 4 is 33.2 Å². The van der Waals surface area contributed by atoms with E-state index in [1.54, 1.807) is 6.20 Å². The molecule has 96 valence electrons. The van der Waals surface area contributed by atoms with Gasteiger partial charge >= 0.3 is 0 Å². The summed E-state index contributed by atoms with van der Waals surface area (Å²) in [4.78, 5) is 4.07. The minimum Gasteiger partial charge on any atom is -0.380 e. The minimum atomic E-state index is 0.469. The predicted octanol–water partition coefficient (Wildman–Crippen LogP) is 3.41. The molecule has 2 rings (SSSR count). The molecule has 0 amide bonds. The van der Waals surface area contributed by atoms with Gasteiger partial charge in [-0.2, -0.15) is 5.10 Å². The zero-order valence-electron chi connectivity index (χ0n) is 10.2. The molecule has 0 saturated heterocycles. The maximum atomic E-state index is 5.85. The third-order valence-electron chi connectivity index (χ3n) is 2.61. The lowest BCUT2D eigenvalue weighted by Crippen LogP contribution is -2.01. The lowest BCUT2D eigenvalue weighted by atomic mass is 10.2. The standard InChI is InChI=1S/C12H14BrClN4/c1-3-11-8(7-18(2)17-11)5-15-9-4-10(13)12(14)16-6-9/h4,6-7,15H,3,5H2,1-2H3. The van der Waals surface area contributed by atoms with Gasteiger partial charge < -0.3 is 5.32 Å². The molecule has 0 fully saturated rings. The Hall–Kier alpha value is -1.07. The Balaban J connectivity index is 2.08. The molecule has 2 aromatic rings. The molecule has 6 heteroatoms. The van der Waals surface area contributed by atoms with Crippen molar-refractivity contribution < 1.29 is 0 Å². The molecule has 2 heterocycles. The van der Waals surface area contributed by atoms with Gasteiger partial charge in [-0.3, -0.25) is 4.68 Å². The van der Waals surface area contributed by atoms with Crippen LogP contribution in [0.15, 0.2) is 22.9 Å². The van der Waals surface area contributed by atoms with Gasteiger partial charge in [0.2, 0.25) is 0 Å². The van der Waals surface area contributed by atoms with E-state index in [9.17, 15) is 0 Å². The van der Waals surface area contributed by atoms with Crippen molar-refractivity contribution in [1.29, 1.82) is 0 Å². The Morgan fingerprint density at radius 3 is 2.94 bits per heavy atom. The molecule has 4 nitrogen and oxygen atoms in total. The molecule has 0 aliphatic rings. The van der Waals surface area contributed by atoms with E-state index in [-0.39, 0.29) is 0 Å². The molecule has 2 aromatic heterocycles. The number of aryl methyl sites for hydroxylation is 2. The third kappa shape index (κ3) is 3.03. The topological polar surface area (TPSA) is 42.7 Å². The average Bonchev–Trinajstić information content (AvgIpc) is 2.71. The summed E-state index contributed by atoms with van der Waals surface area (Å²) in [7, 11) is 1.93. The highest BCUT2D eigenvalue weighted by atomic mass is 79.9. The van der Waals surface area contributed by atoms with Crippen LogP contribution >= 0.6 is 27.5 Å². The van der Waals surface area contributed by atoms with Crippen LogP contribution in [0.1, 0.15) is 18.2 Å². The summed E-state index contributed by atoms with van der Waals surface area (Å²) < 4.78 is 2.63. The molecule has 0 saturated carbocycles. The number of nitrogens with zero attached hydrogens (tertiary/aromatic N) is 3. The molecule has 1 N–H and O–H groups in total. The summed E-state index contributed by atoms with van der Waals surface area (Å²) in [5, 5.41) is 8.18. The maximum Gasteiger partial charge on any atom is 0.143 e. The van der Waals surface area contributed by atoms with Gasteiger partial charge in [-0.05, 0) is 28.4 Å². The quantitative estimate of drug-likeness (QED) is 0.874. The highest BCUT2D eigenvalue weighted by Crippen LogP contribution is 2.23. The van der Waals surface area contributed by atoms with Gasteiger partial charge in [-0.1, -0.05) is 18.5 Å². The molecular formula is C12H14BrClN4. The zero-order valence-corrected chi connectivity index (χ0v) is 12.6. The van der Waals surface area contributed by atoms with Crippen LogP contribution in [0.4, 0.5) is 5.69 Å². The molecule has 0 radical (unpaired) electrons. The molecule has 18 heavy (non-hydrogen) atoms. The molecule has 0 aliphatic carbocycles. The largest absolute Gasteiger partial charge is 0.380 e. The van der Waals surface area contributed by atoms with Crippen LogP contribution in [0.25, 0.3) is 0 Å². The van der Waals surface area contributed by atoms with Crippen molar-refractivity contribution in [2.75, 3.05) is 5.32 Å². The van der Waals surface area contributed by atoms with Crippen molar-refractivity contribution in [3.05, 3.63) is 39.3 Å². The van der Waals surface area contributed by atoms with Crippen LogP contribution in [0.2, 0.25) is 5.15 Å². The highest BCUT2D eigenvalue weighted by molar-refractivity contribution is 9.10. The Morgan fingerprint density at radius 2 is 2.28 bits per heavy atom. The van der Waals surface area contributed by atoms with Crippen molar-refractivity contribution in [2.45, 2.75) is 19.9 Å². The van der Waals surface area contributed by atoms with Gasteiger partial charge in [0, 0.05) is 25.4 Å². The van der Waals surface area contributed by atoms with E-state index in [1.165, 1.54) is 5.56 Å². The first-order chi connectivity index (χ1) is 8.60. The predicted molar refractivity (Wildman–Crippen MR) is 76.9 cm³/mol. The second-order valence-corrected chi connectivity index (χ2v) is 5.19. The van der Waals surface area contributed by atoms with Crippen molar-refractivity contribution in [3.63, 3.8) is 0 Å². The summed E-state index contributed by atoms with van der Waals surface area (Å²) in [5.41, 5.74) is 3.24. The first-order valence-electron chi connectivity index (χ1n) is 5.66. The van der Waals surface area contributed by atoms with Crippen molar-refractivity contribution in [2.24, 2.45) is 7.05 Å². The minimum absolute atomic E-state index is 0.469. The van der Waals surface area contributed by atoms with Crippen LogP contribution in [-0.4, -0.2) is 14.8 Å². The molecular weight excluding hydrogens is 316 g/mol. The summed E-state index contributed by atoms with van der Waals surface area (Å²) in [5.74, 6) is 0. The van der Waals surface area contributed by atoms with Gasteiger partial charge in [0.1, 0.15) is 5.15 Å². The fourth-order valence-corrected chi connectivity index (χ4v) is 2.20. The van der Waals surface area contributed by atoms with Crippen LogP contribution in [0.3, 0.4) is 0 Å². The summed E-state index contributed by atoms with van der Waals surface area (Å²) in [6.07, 6.45) is 4.68. The summed E-state index contributed by atoms with van der Waals surface area (Å²) >= 11 is 9.20. The Bertz CT molecular complexity index is 553. The maximum absolute atomic E-state index is 5.85. The van der Waals surface area contributed by atoms with Crippen LogP contribution < -0.4 is 5.32 Å². The van der Waals surface area contributed by atoms with E-state index in [0.29, 0.717) is 5.15 Å². The first-order valence-corrected chi connectivity index (χ1v) is 6.83. The van der Waals surface area contributed by atoms with Crippen molar-refractivity contribution in [1.82, 2.24) is 14.8 Å². The highest BCUT2D eigenvalue weighted by Gasteiger charge is 2.06. The average molecular weight is 330 g/mol. The van der Waals surface area contributed by atoms with E-state index >= 15 is 0 Å². The lowest BCUT2D eigenvalue weighted by molar-refractivity contribution is 0.746. The van der Waals surface area contributed by atoms with E-state index in [2.05, 4.69) is 38.3 Å². The van der Waals surface area contributed by atoms with E-state index in [1.807, 2.05) is 24.0 Å². The van der Waals surface area contributed by atoms with E-state index in [4.69, 9.17) is 11.6 Å². The van der Waals surface area contributed by atoms with Gasteiger partial charge in [0.15, 0.2) is 0 Å². The molecule has 0 atom stereocenters. The fourth-order valence-electron chi connectivity index (χ4n) is 1.74. The normalized spacial score (nSPS) is 10.7. The number of halogens is 2. The fraction of sp³-hybridized carbons (Fsp3) is 0.333. The number of nitrogens with one attached hydrogen (secondary N) is 1. The van der Waals surface area contributed by atoms with Gasteiger partial charge in [-0.15, -0.1) is 0 Å². The first kappa shape index (κ1) is 13.4. The van der Waals surface area contributed by atoms with Gasteiger partial charge in [0.05, 0.1) is 22.1 Å². The summed E-state index contributed by atoms with van der Waals surface area (Å²) in [6.45, 7) is 2.83. The second kappa shape index (κ2) is 5.71. The number of aromatic nitrogens is 3. The number of hydrogen-bond donors (Lipinski definition) is 1. The molecule has 0 aliphatic heterocycles. The number of anilines is 1. The van der Waals surface area contributed by atoms with Crippen LogP contribution in [0, 0.1) is 0 Å². The van der Waals surface area contributed by atoms with Crippen LogP contribution in [-0.2, 0) is 20.0 Å².